The largest absolute Gasteiger partial charge is 0.494 e. The average Bonchev–Trinajstić information content (AvgIpc) is 3.41. The van der Waals surface area contributed by atoms with Gasteiger partial charge >= 0.3 is 12.2 Å². The number of carbonyl (C=O) groups excluding carboxylic acids is 3. The van der Waals surface area contributed by atoms with Crippen LogP contribution in [0.3, 0.4) is 0 Å². The fourth-order valence-corrected chi connectivity index (χ4v) is 4.60. The van der Waals surface area contributed by atoms with Gasteiger partial charge in [0.05, 0.1) is 13.2 Å². The number of unbranched alkanes of at least 4 members (excludes halogenated alkanes) is 1. The van der Waals surface area contributed by atoms with Crippen LogP contribution < -0.4 is 20.4 Å². The molecule has 0 saturated heterocycles. The van der Waals surface area contributed by atoms with E-state index in [-0.39, 0.29) is 17.6 Å². The normalized spacial score (nSPS) is 11.8. The highest BCUT2D eigenvalue weighted by atomic mass is 16.6. The van der Waals surface area contributed by atoms with Crippen LogP contribution >= 0.6 is 0 Å². The van der Waals surface area contributed by atoms with Gasteiger partial charge in [-0.1, -0.05) is 0 Å². The van der Waals surface area contributed by atoms with Gasteiger partial charge in [-0.2, -0.15) is 4.99 Å². The first-order valence-corrected chi connectivity index (χ1v) is 16.8. The molecule has 0 bridgehead atoms. The van der Waals surface area contributed by atoms with Crippen LogP contribution in [0.2, 0.25) is 0 Å². The highest BCUT2D eigenvalue weighted by Crippen LogP contribution is 2.17. The summed E-state index contributed by atoms with van der Waals surface area (Å²) in [6.07, 6.45) is 4.75. The van der Waals surface area contributed by atoms with Crippen molar-refractivity contribution in [3.8, 4) is 11.5 Å². The molecule has 1 aromatic heterocycles. The van der Waals surface area contributed by atoms with E-state index in [0.29, 0.717) is 61.0 Å². The SMILES string of the molecule is CC(=O)/N=c1/n(CCCCOc2ccc(C(=N)N(C)C(=O)OC(C)(C)C)cc2)ccn1CCCOc1ccc(C(=N)NC(=O)OC(C)(C)C)cc1. The molecule has 0 unspecified atom stereocenters. The molecule has 0 fully saturated rings. The first-order chi connectivity index (χ1) is 23.9. The maximum absolute atomic E-state index is 12.3. The number of alkyl carbamates (subject to hydrolysis) is 1. The van der Waals surface area contributed by atoms with Gasteiger partial charge in [0, 0.05) is 50.6 Å². The fraction of sp³-hybridized carbons (Fsp3) is 0.459. The summed E-state index contributed by atoms with van der Waals surface area (Å²) in [4.78, 5) is 41.6. The highest BCUT2D eigenvalue weighted by Gasteiger charge is 2.23. The van der Waals surface area contributed by atoms with E-state index in [4.69, 9.17) is 29.8 Å². The van der Waals surface area contributed by atoms with Gasteiger partial charge in [0.2, 0.25) is 11.5 Å². The monoisotopic (exact) mass is 705 g/mol. The zero-order valence-corrected chi connectivity index (χ0v) is 30.9. The third kappa shape index (κ3) is 13.8. The molecule has 0 atom stereocenters. The van der Waals surface area contributed by atoms with Gasteiger partial charge in [0.15, 0.2) is 0 Å². The van der Waals surface area contributed by atoms with Crippen LogP contribution in [0.4, 0.5) is 9.59 Å². The lowest BCUT2D eigenvalue weighted by molar-refractivity contribution is -0.116. The van der Waals surface area contributed by atoms with E-state index in [1.54, 1.807) is 90.1 Å². The number of imidazole rings is 1. The van der Waals surface area contributed by atoms with Gasteiger partial charge in [-0.15, -0.1) is 0 Å². The topological polar surface area (TPSA) is 173 Å². The van der Waals surface area contributed by atoms with Crippen LogP contribution in [0.5, 0.6) is 11.5 Å². The maximum Gasteiger partial charge on any atom is 0.415 e. The van der Waals surface area contributed by atoms with Crippen molar-refractivity contribution in [1.29, 1.82) is 10.8 Å². The van der Waals surface area contributed by atoms with Gasteiger partial charge in [-0.05, 0) is 109 Å². The van der Waals surface area contributed by atoms with E-state index in [9.17, 15) is 14.4 Å². The fourth-order valence-electron chi connectivity index (χ4n) is 4.60. The molecular formula is C37H51N7O7. The molecule has 51 heavy (non-hydrogen) atoms. The van der Waals surface area contributed by atoms with Crippen molar-refractivity contribution in [1.82, 2.24) is 19.4 Å². The molecule has 0 aliphatic rings. The second kappa shape index (κ2) is 18.0. The number of benzene rings is 2. The van der Waals surface area contributed by atoms with Crippen LogP contribution in [0.1, 0.15) is 78.9 Å². The van der Waals surface area contributed by atoms with Crippen molar-refractivity contribution in [2.75, 3.05) is 20.3 Å². The lowest BCUT2D eigenvalue weighted by Crippen LogP contribution is -2.38. The van der Waals surface area contributed by atoms with E-state index >= 15 is 0 Å². The number of rotatable bonds is 13. The number of nitrogens with zero attached hydrogens (tertiary/aromatic N) is 4. The summed E-state index contributed by atoms with van der Waals surface area (Å²) >= 11 is 0. The second-order valence-corrected chi connectivity index (χ2v) is 13.8. The average molecular weight is 706 g/mol. The molecule has 3 rings (SSSR count). The zero-order chi connectivity index (χ0) is 37.8. The Morgan fingerprint density at radius 2 is 1.24 bits per heavy atom. The molecule has 0 aliphatic heterocycles. The predicted molar refractivity (Wildman–Crippen MR) is 193 cm³/mol. The summed E-state index contributed by atoms with van der Waals surface area (Å²) in [5.41, 5.74) is 0.341. The molecule has 3 aromatic rings. The van der Waals surface area contributed by atoms with Crippen LogP contribution in [-0.2, 0) is 27.4 Å². The predicted octanol–water partition coefficient (Wildman–Crippen LogP) is 6.11. The lowest BCUT2D eigenvalue weighted by atomic mass is 10.2. The van der Waals surface area contributed by atoms with Gasteiger partial charge in [-0.3, -0.25) is 25.8 Å². The molecule has 276 valence electrons. The van der Waals surface area contributed by atoms with Crippen molar-refractivity contribution in [2.24, 2.45) is 4.99 Å². The van der Waals surface area contributed by atoms with Crippen molar-refractivity contribution in [2.45, 2.75) is 92.0 Å². The second-order valence-electron chi connectivity index (χ2n) is 13.8. The first-order valence-electron chi connectivity index (χ1n) is 16.8. The van der Waals surface area contributed by atoms with Gasteiger partial charge < -0.3 is 28.1 Å². The van der Waals surface area contributed by atoms with E-state index in [2.05, 4.69) is 10.3 Å². The van der Waals surface area contributed by atoms with Crippen molar-refractivity contribution in [3.63, 3.8) is 0 Å². The minimum Gasteiger partial charge on any atom is -0.494 e. The number of amides is 3. The van der Waals surface area contributed by atoms with E-state index < -0.39 is 23.4 Å². The van der Waals surface area contributed by atoms with E-state index in [1.165, 1.54) is 14.0 Å². The Bertz CT molecular complexity index is 1730. The number of ether oxygens (including phenoxy) is 4. The smallest absolute Gasteiger partial charge is 0.415 e. The van der Waals surface area contributed by atoms with Crippen LogP contribution in [0.15, 0.2) is 65.9 Å². The molecule has 14 heteroatoms. The molecule has 0 radical (unpaired) electrons. The third-order valence-corrected chi connectivity index (χ3v) is 6.97. The molecule has 1 heterocycles. The van der Waals surface area contributed by atoms with Crippen LogP contribution in [0.25, 0.3) is 0 Å². The Hall–Kier alpha value is -5.40. The van der Waals surface area contributed by atoms with Crippen molar-refractivity contribution in [3.05, 3.63) is 77.7 Å². The Morgan fingerprint density at radius 3 is 1.75 bits per heavy atom. The van der Waals surface area contributed by atoms with Crippen molar-refractivity contribution < 1.29 is 33.3 Å². The number of amidine groups is 2. The van der Waals surface area contributed by atoms with E-state index in [1.807, 2.05) is 21.5 Å². The number of aromatic nitrogens is 2. The molecule has 0 saturated carbocycles. The lowest BCUT2D eigenvalue weighted by Gasteiger charge is -2.25. The summed E-state index contributed by atoms with van der Waals surface area (Å²) in [5.74, 6) is 0.957. The quantitative estimate of drug-likeness (QED) is 0.109. The van der Waals surface area contributed by atoms with Crippen molar-refractivity contribution >= 4 is 29.8 Å². The molecule has 2 aromatic carbocycles. The summed E-state index contributed by atoms with van der Waals surface area (Å²) in [6.45, 7) is 14.2. The molecule has 0 aliphatic carbocycles. The zero-order valence-electron chi connectivity index (χ0n) is 30.9. The minimum absolute atomic E-state index is 0.0272. The summed E-state index contributed by atoms with van der Waals surface area (Å²) in [6, 6.07) is 13.8. The molecule has 14 nitrogen and oxygen atoms in total. The van der Waals surface area contributed by atoms with Gasteiger partial charge in [-0.25, -0.2) is 9.59 Å². The Morgan fingerprint density at radius 1 is 0.745 bits per heavy atom. The maximum atomic E-state index is 12.3. The highest BCUT2D eigenvalue weighted by molar-refractivity contribution is 6.05. The Labute approximate surface area is 299 Å². The summed E-state index contributed by atoms with van der Waals surface area (Å²) in [5, 5.41) is 18.9. The number of carbonyl (C=O) groups is 3. The van der Waals surface area contributed by atoms with Crippen LogP contribution in [0, 0.1) is 10.8 Å². The Balaban J connectivity index is 1.43. The number of aryl methyl sites for hydroxylation is 2. The molecule has 3 amide bonds. The minimum atomic E-state index is -0.686. The standard InChI is InChI=1S/C37H51N7O7/c1-26(45)40-33-43(20-9-10-24-48-30-18-14-28(15-19-30)32(39)42(8)35(47)51-37(5,6)7)22-23-44(33)21-11-25-49-29-16-12-27(13-17-29)31(38)41-34(46)50-36(2,3)4/h12-19,22-23,39H,9-11,20-21,24-25H2,1-8H3,(H2,38,41,46)/b39-32?,40-33-. The third-order valence-electron chi connectivity index (χ3n) is 6.97. The van der Waals surface area contributed by atoms with Crippen LogP contribution in [-0.4, -0.2) is 75.3 Å². The Kier molecular flexibility index (Phi) is 14.1. The number of nitrogens with one attached hydrogen (secondary N) is 3. The van der Waals surface area contributed by atoms with E-state index in [0.717, 1.165) is 17.7 Å². The summed E-state index contributed by atoms with van der Waals surface area (Å²) < 4.78 is 26.2. The first kappa shape index (κ1) is 40.0. The summed E-state index contributed by atoms with van der Waals surface area (Å²) in [7, 11) is 1.50. The van der Waals surface area contributed by atoms with Gasteiger partial charge in [0.25, 0.3) is 0 Å². The molecule has 0 spiro atoms. The molecule has 3 N–H and O–H groups in total. The van der Waals surface area contributed by atoms with Gasteiger partial charge in [0.1, 0.15) is 34.4 Å². The number of hydrogen-bond donors (Lipinski definition) is 3. The number of hydrogen-bond acceptors (Lipinski definition) is 9. The molecular weight excluding hydrogens is 654 g/mol.